The largest absolute Gasteiger partial charge is 0.457 e. The molecule has 0 spiro atoms. The molecule has 0 fully saturated rings. The number of unbranched alkanes of at least 4 members (excludes halogenated alkanes) is 1. The second kappa shape index (κ2) is 8.48. The van der Waals surface area contributed by atoms with Gasteiger partial charge in [-0.25, -0.2) is 0 Å². The number of aryl methyl sites for hydroxylation is 1. The van der Waals surface area contributed by atoms with Crippen LogP contribution in [0.1, 0.15) is 32.3 Å². The van der Waals surface area contributed by atoms with Crippen LogP contribution in [0.5, 0.6) is 11.5 Å². The molecule has 0 bridgehead atoms. The fourth-order valence-electron chi connectivity index (χ4n) is 2.19. The molecule has 0 aliphatic rings. The molecule has 1 N–H and O–H groups in total. The summed E-state index contributed by atoms with van der Waals surface area (Å²) in [6.45, 7) is 5.48. The lowest BCUT2D eigenvalue weighted by Gasteiger charge is -2.08. The fourth-order valence-corrected chi connectivity index (χ4v) is 2.19. The third-order valence-corrected chi connectivity index (χ3v) is 3.35. The molecule has 2 aromatic rings. The average molecular weight is 283 g/mol. The number of hydrogen-bond acceptors (Lipinski definition) is 2. The average Bonchev–Trinajstić information content (AvgIpc) is 2.49. The molecule has 0 radical (unpaired) electrons. The van der Waals surface area contributed by atoms with E-state index in [1.807, 2.05) is 30.3 Å². The van der Waals surface area contributed by atoms with E-state index < -0.39 is 0 Å². The minimum Gasteiger partial charge on any atom is -0.457 e. The molecule has 0 amide bonds. The summed E-state index contributed by atoms with van der Waals surface area (Å²) in [7, 11) is 0. The first-order valence-electron chi connectivity index (χ1n) is 7.79. The molecule has 2 aromatic carbocycles. The Labute approximate surface area is 128 Å². The standard InChI is InChI=1S/C19H25NO/c1-16(2)20-15-7-6-8-17-11-13-19(14-12-17)21-18-9-4-3-5-10-18/h3-5,9-14,16,20H,6-8,15H2,1-2H3. The van der Waals surface area contributed by atoms with Gasteiger partial charge in [-0.2, -0.15) is 0 Å². The van der Waals surface area contributed by atoms with Crippen LogP contribution in [0.4, 0.5) is 0 Å². The maximum atomic E-state index is 5.79. The molecule has 2 rings (SSSR count). The van der Waals surface area contributed by atoms with Crippen molar-refractivity contribution in [1.82, 2.24) is 5.32 Å². The molecule has 0 saturated heterocycles. The van der Waals surface area contributed by atoms with Crippen LogP contribution in [0.25, 0.3) is 0 Å². The minimum absolute atomic E-state index is 0.583. The Morgan fingerprint density at radius 2 is 1.52 bits per heavy atom. The molecule has 0 aliphatic carbocycles. The molecular formula is C19H25NO. The first kappa shape index (κ1) is 15.6. The van der Waals surface area contributed by atoms with E-state index in [1.165, 1.54) is 18.4 Å². The molecule has 112 valence electrons. The number of benzene rings is 2. The van der Waals surface area contributed by atoms with Gasteiger partial charge in [0.1, 0.15) is 11.5 Å². The van der Waals surface area contributed by atoms with E-state index in [1.54, 1.807) is 0 Å². The zero-order valence-electron chi connectivity index (χ0n) is 13.0. The summed E-state index contributed by atoms with van der Waals surface area (Å²) < 4.78 is 5.79. The molecule has 21 heavy (non-hydrogen) atoms. The lowest BCUT2D eigenvalue weighted by Crippen LogP contribution is -2.23. The summed E-state index contributed by atoms with van der Waals surface area (Å²) in [4.78, 5) is 0. The topological polar surface area (TPSA) is 21.3 Å². The maximum absolute atomic E-state index is 5.79. The van der Waals surface area contributed by atoms with Crippen molar-refractivity contribution in [1.29, 1.82) is 0 Å². The number of para-hydroxylation sites is 1. The van der Waals surface area contributed by atoms with Crippen molar-refractivity contribution in [2.75, 3.05) is 6.54 Å². The van der Waals surface area contributed by atoms with Crippen molar-refractivity contribution in [3.63, 3.8) is 0 Å². The maximum Gasteiger partial charge on any atom is 0.127 e. The van der Waals surface area contributed by atoms with Gasteiger partial charge in [0.25, 0.3) is 0 Å². The van der Waals surface area contributed by atoms with E-state index in [0.29, 0.717) is 6.04 Å². The number of nitrogens with one attached hydrogen (secondary N) is 1. The molecular weight excluding hydrogens is 258 g/mol. The molecule has 0 aliphatic heterocycles. The fraction of sp³-hybridized carbons (Fsp3) is 0.368. The number of hydrogen-bond donors (Lipinski definition) is 1. The van der Waals surface area contributed by atoms with Gasteiger partial charge in [-0.15, -0.1) is 0 Å². The van der Waals surface area contributed by atoms with Gasteiger partial charge in [0.2, 0.25) is 0 Å². The Balaban J connectivity index is 1.74. The second-order valence-electron chi connectivity index (χ2n) is 5.62. The summed E-state index contributed by atoms with van der Waals surface area (Å²) in [5.41, 5.74) is 1.37. The van der Waals surface area contributed by atoms with E-state index in [0.717, 1.165) is 24.5 Å². The molecule has 0 unspecified atom stereocenters. The van der Waals surface area contributed by atoms with Gasteiger partial charge >= 0.3 is 0 Å². The van der Waals surface area contributed by atoms with Gasteiger partial charge in [0, 0.05) is 6.04 Å². The van der Waals surface area contributed by atoms with Crippen molar-refractivity contribution >= 4 is 0 Å². The highest BCUT2D eigenvalue weighted by atomic mass is 16.5. The molecule has 0 saturated carbocycles. The summed E-state index contributed by atoms with van der Waals surface area (Å²) in [6.07, 6.45) is 3.57. The predicted molar refractivity (Wildman–Crippen MR) is 89.0 cm³/mol. The second-order valence-corrected chi connectivity index (χ2v) is 5.62. The number of ether oxygens (including phenoxy) is 1. The van der Waals surface area contributed by atoms with Gasteiger partial charge in [-0.3, -0.25) is 0 Å². The summed E-state index contributed by atoms with van der Waals surface area (Å²) in [6, 6.07) is 18.9. The van der Waals surface area contributed by atoms with Crippen molar-refractivity contribution in [3.05, 3.63) is 60.2 Å². The lowest BCUT2D eigenvalue weighted by atomic mass is 10.1. The Kier molecular flexibility index (Phi) is 6.29. The smallest absolute Gasteiger partial charge is 0.127 e. The Bertz CT molecular complexity index is 505. The van der Waals surface area contributed by atoms with E-state index in [2.05, 4.69) is 43.4 Å². The van der Waals surface area contributed by atoms with Gasteiger partial charge in [-0.05, 0) is 55.6 Å². The summed E-state index contributed by atoms with van der Waals surface area (Å²) in [5.74, 6) is 1.77. The van der Waals surface area contributed by atoms with Gasteiger partial charge < -0.3 is 10.1 Å². The Morgan fingerprint density at radius 1 is 0.857 bits per heavy atom. The number of rotatable bonds is 8. The van der Waals surface area contributed by atoms with Crippen LogP contribution in [-0.4, -0.2) is 12.6 Å². The van der Waals surface area contributed by atoms with Crippen LogP contribution < -0.4 is 10.1 Å². The summed E-state index contributed by atoms with van der Waals surface area (Å²) in [5, 5.41) is 3.45. The van der Waals surface area contributed by atoms with Crippen molar-refractivity contribution in [3.8, 4) is 11.5 Å². The molecule has 0 heterocycles. The van der Waals surface area contributed by atoms with Crippen LogP contribution in [0.15, 0.2) is 54.6 Å². The van der Waals surface area contributed by atoms with E-state index in [4.69, 9.17) is 4.74 Å². The van der Waals surface area contributed by atoms with Crippen LogP contribution >= 0.6 is 0 Å². The predicted octanol–water partition coefficient (Wildman–Crippen LogP) is 4.80. The van der Waals surface area contributed by atoms with E-state index in [9.17, 15) is 0 Å². The molecule has 2 heteroatoms. The first-order valence-corrected chi connectivity index (χ1v) is 7.79. The lowest BCUT2D eigenvalue weighted by molar-refractivity contribution is 0.482. The van der Waals surface area contributed by atoms with Crippen molar-refractivity contribution in [2.45, 2.75) is 39.2 Å². The van der Waals surface area contributed by atoms with Gasteiger partial charge in [0.05, 0.1) is 0 Å². The third-order valence-electron chi connectivity index (χ3n) is 3.35. The first-order chi connectivity index (χ1) is 10.2. The van der Waals surface area contributed by atoms with Crippen LogP contribution in [0.3, 0.4) is 0 Å². The Hall–Kier alpha value is -1.80. The molecule has 2 nitrogen and oxygen atoms in total. The Morgan fingerprint density at radius 3 is 2.19 bits per heavy atom. The van der Waals surface area contributed by atoms with Crippen LogP contribution in [-0.2, 0) is 6.42 Å². The molecule has 0 aromatic heterocycles. The monoisotopic (exact) mass is 283 g/mol. The van der Waals surface area contributed by atoms with Crippen LogP contribution in [0, 0.1) is 0 Å². The zero-order chi connectivity index (χ0) is 14.9. The molecule has 0 atom stereocenters. The highest BCUT2D eigenvalue weighted by Gasteiger charge is 1.98. The van der Waals surface area contributed by atoms with Crippen LogP contribution in [0.2, 0.25) is 0 Å². The SMILES string of the molecule is CC(C)NCCCCc1ccc(Oc2ccccc2)cc1. The van der Waals surface area contributed by atoms with E-state index >= 15 is 0 Å². The normalized spacial score (nSPS) is 10.8. The highest BCUT2D eigenvalue weighted by Crippen LogP contribution is 2.21. The van der Waals surface area contributed by atoms with Gasteiger partial charge in [-0.1, -0.05) is 44.2 Å². The zero-order valence-corrected chi connectivity index (χ0v) is 13.0. The third kappa shape index (κ3) is 6.01. The van der Waals surface area contributed by atoms with Crippen molar-refractivity contribution in [2.24, 2.45) is 0 Å². The van der Waals surface area contributed by atoms with Crippen molar-refractivity contribution < 1.29 is 4.74 Å². The quantitative estimate of drug-likeness (QED) is 0.703. The highest BCUT2D eigenvalue weighted by molar-refractivity contribution is 5.32. The minimum atomic E-state index is 0.583. The summed E-state index contributed by atoms with van der Waals surface area (Å²) >= 11 is 0. The van der Waals surface area contributed by atoms with Gasteiger partial charge in [0.15, 0.2) is 0 Å². The van der Waals surface area contributed by atoms with E-state index in [-0.39, 0.29) is 0 Å².